The fraction of sp³-hybridized carbons (Fsp3) is 0.733. The largest absolute Gasteiger partial charge is 0.383 e. The lowest BCUT2D eigenvalue weighted by molar-refractivity contribution is 0.0672. The van der Waals surface area contributed by atoms with Gasteiger partial charge in [-0.25, -0.2) is 4.99 Å². The van der Waals surface area contributed by atoms with Gasteiger partial charge >= 0.3 is 0 Å². The molecule has 0 saturated carbocycles. The van der Waals surface area contributed by atoms with Gasteiger partial charge in [-0.2, -0.15) is 5.10 Å². The van der Waals surface area contributed by atoms with Gasteiger partial charge in [0.1, 0.15) is 5.60 Å². The minimum Gasteiger partial charge on any atom is -0.383 e. The molecular weight excluding hydrogens is 393 g/mol. The molecule has 1 aromatic heterocycles. The van der Waals surface area contributed by atoms with Crippen LogP contribution in [0.2, 0.25) is 0 Å². The Morgan fingerprint density at radius 2 is 2.09 bits per heavy atom. The normalized spacial score (nSPS) is 14.1. The topological polar surface area (TPSA) is 74.5 Å². The summed E-state index contributed by atoms with van der Waals surface area (Å²) in [5, 5.41) is 21.1. The number of aryl methyl sites for hydroxylation is 1. The number of nitrogens with one attached hydrogen (secondary N) is 2. The summed E-state index contributed by atoms with van der Waals surface area (Å²) in [7, 11) is 1.84. The zero-order valence-electron chi connectivity index (χ0n) is 14.1. The summed E-state index contributed by atoms with van der Waals surface area (Å²) in [5.41, 5.74) is -0.240. The molecular formula is C15H30IN5O. The van der Waals surface area contributed by atoms with Crippen LogP contribution in [-0.2, 0) is 12.6 Å². The molecule has 0 radical (unpaired) electrons. The number of nitrogens with zero attached hydrogens (tertiary/aromatic N) is 3. The predicted octanol–water partition coefficient (Wildman–Crippen LogP) is 1.99. The SMILES string of the molecule is CCCCCNC(=NCC(C)(O)c1cnn(C)c1)NCC.I. The van der Waals surface area contributed by atoms with E-state index in [1.54, 1.807) is 17.8 Å². The van der Waals surface area contributed by atoms with E-state index in [9.17, 15) is 5.11 Å². The summed E-state index contributed by atoms with van der Waals surface area (Å²) in [6, 6.07) is 0. The van der Waals surface area contributed by atoms with Crippen LogP contribution in [0.15, 0.2) is 17.4 Å². The van der Waals surface area contributed by atoms with Gasteiger partial charge in [-0.15, -0.1) is 24.0 Å². The Morgan fingerprint density at radius 1 is 1.36 bits per heavy atom. The number of aliphatic hydroxyl groups is 1. The maximum absolute atomic E-state index is 10.5. The number of aromatic nitrogens is 2. The van der Waals surface area contributed by atoms with Crippen LogP contribution in [0, 0.1) is 0 Å². The molecule has 1 rings (SSSR count). The summed E-state index contributed by atoms with van der Waals surface area (Å²) >= 11 is 0. The van der Waals surface area contributed by atoms with Crippen LogP contribution in [0.25, 0.3) is 0 Å². The first-order valence-corrected chi connectivity index (χ1v) is 7.73. The Balaban J connectivity index is 0.00000441. The van der Waals surface area contributed by atoms with E-state index in [-0.39, 0.29) is 24.0 Å². The van der Waals surface area contributed by atoms with Crippen LogP contribution in [0.1, 0.15) is 45.6 Å². The van der Waals surface area contributed by atoms with E-state index in [4.69, 9.17) is 0 Å². The third kappa shape index (κ3) is 7.44. The molecule has 0 spiro atoms. The zero-order valence-corrected chi connectivity index (χ0v) is 16.4. The Hall–Kier alpha value is -0.830. The number of halogens is 1. The van der Waals surface area contributed by atoms with E-state index in [1.807, 2.05) is 20.2 Å². The molecule has 3 N–H and O–H groups in total. The Bertz CT molecular complexity index is 445. The first-order chi connectivity index (χ1) is 9.99. The van der Waals surface area contributed by atoms with E-state index < -0.39 is 5.60 Å². The Morgan fingerprint density at radius 3 is 2.64 bits per heavy atom. The van der Waals surface area contributed by atoms with E-state index in [1.165, 1.54) is 12.8 Å². The summed E-state index contributed by atoms with van der Waals surface area (Å²) in [5.74, 6) is 0.748. The molecule has 7 heteroatoms. The van der Waals surface area contributed by atoms with Gasteiger partial charge in [0, 0.05) is 31.9 Å². The highest BCUT2D eigenvalue weighted by Crippen LogP contribution is 2.19. The molecule has 1 heterocycles. The number of unbranched alkanes of at least 4 members (excludes halogenated alkanes) is 2. The molecule has 1 atom stereocenters. The summed E-state index contributed by atoms with van der Waals surface area (Å²) in [6.45, 7) is 7.96. The molecule has 0 fully saturated rings. The van der Waals surface area contributed by atoms with E-state index in [2.05, 4.69) is 27.6 Å². The van der Waals surface area contributed by atoms with Crippen molar-refractivity contribution >= 4 is 29.9 Å². The fourth-order valence-electron chi connectivity index (χ4n) is 1.95. The average Bonchev–Trinajstić information content (AvgIpc) is 2.88. The van der Waals surface area contributed by atoms with E-state index in [0.29, 0.717) is 6.54 Å². The van der Waals surface area contributed by atoms with Crippen molar-refractivity contribution in [3.8, 4) is 0 Å². The molecule has 1 aromatic rings. The third-order valence-corrected chi connectivity index (χ3v) is 3.29. The number of hydrogen-bond donors (Lipinski definition) is 3. The van der Waals surface area contributed by atoms with Crippen LogP contribution >= 0.6 is 24.0 Å². The quantitative estimate of drug-likeness (QED) is 0.259. The van der Waals surface area contributed by atoms with Crippen LogP contribution in [0.5, 0.6) is 0 Å². The molecule has 6 nitrogen and oxygen atoms in total. The van der Waals surface area contributed by atoms with Crippen molar-refractivity contribution in [2.24, 2.45) is 12.0 Å². The molecule has 1 unspecified atom stereocenters. The lowest BCUT2D eigenvalue weighted by atomic mass is 10.0. The predicted molar refractivity (Wildman–Crippen MR) is 102 cm³/mol. The number of hydrogen-bond acceptors (Lipinski definition) is 3. The second-order valence-corrected chi connectivity index (χ2v) is 5.51. The van der Waals surface area contributed by atoms with Gasteiger partial charge in [-0.05, 0) is 20.3 Å². The molecule has 0 aromatic carbocycles. The molecule has 0 amide bonds. The number of aliphatic imine (C=N–C) groups is 1. The highest BCUT2D eigenvalue weighted by molar-refractivity contribution is 14.0. The molecule has 0 bridgehead atoms. The first-order valence-electron chi connectivity index (χ1n) is 7.73. The van der Waals surface area contributed by atoms with Crippen LogP contribution in [0.3, 0.4) is 0 Å². The van der Waals surface area contributed by atoms with Gasteiger partial charge in [0.05, 0.1) is 12.7 Å². The Kier molecular flexibility index (Phi) is 10.4. The maximum atomic E-state index is 10.5. The molecule has 0 aliphatic heterocycles. The van der Waals surface area contributed by atoms with Crippen molar-refractivity contribution in [1.82, 2.24) is 20.4 Å². The molecule has 0 aliphatic carbocycles. The highest BCUT2D eigenvalue weighted by atomic mass is 127. The summed E-state index contributed by atoms with van der Waals surface area (Å²) in [4.78, 5) is 4.48. The standard InChI is InChI=1S/C15H29N5O.HI/c1-5-7-8-9-17-14(16-6-2)18-12-15(3,21)13-10-19-20(4)11-13;/h10-11,21H,5-9,12H2,1-4H3,(H2,16,17,18);1H. The van der Waals surface area contributed by atoms with Crippen molar-refractivity contribution in [3.63, 3.8) is 0 Å². The second kappa shape index (κ2) is 10.8. The molecule has 128 valence electrons. The Labute approximate surface area is 150 Å². The monoisotopic (exact) mass is 423 g/mol. The average molecular weight is 423 g/mol. The van der Waals surface area contributed by atoms with Crippen LogP contribution in [-0.4, -0.2) is 40.5 Å². The number of rotatable bonds is 8. The number of guanidine groups is 1. The third-order valence-electron chi connectivity index (χ3n) is 3.29. The van der Waals surface area contributed by atoms with Crippen LogP contribution in [0.4, 0.5) is 0 Å². The van der Waals surface area contributed by atoms with Gasteiger partial charge < -0.3 is 15.7 Å². The van der Waals surface area contributed by atoms with Crippen molar-refractivity contribution in [2.45, 2.75) is 45.6 Å². The maximum Gasteiger partial charge on any atom is 0.191 e. The van der Waals surface area contributed by atoms with E-state index in [0.717, 1.165) is 31.0 Å². The summed E-state index contributed by atoms with van der Waals surface area (Å²) in [6.07, 6.45) is 7.03. The minimum atomic E-state index is -1.01. The van der Waals surface area contributed by atoms with Gasteiger partial charge in [0.25, 0.3) is 0 Å². The fourth-order valence-corrected chi connectivity index (χ4v) is 1.95. The van der Waals surface area contributed by atoms with Crippen molar-refractivity contribution < 1.29 is 5.11 Å². The first kappa shape index (κ1) is 21.2. The second-order valence-electron chi connectivity index (χ2n) is 5.51. The van der Waals surface area contributed by atoms with Gasteiger partial charge in [0.15, 0.2) is 5.96 Å². The minimum absolute atomic E-state index is 0. The van der Waals surface area contributed by atoms with Crippen molar-refractivity contribution in [1.29, 1.82) is 0 Å². The van der Waals surface area contributed by atoms with Crippen LogP contribution < -0.4 is 10.6 Å². The molecule has 0 aliphatic rings. The molecule has 0 saturated heterocycles. The smallest absolute Gasteiger partial charge is 0.191 e. The lowest BCUT2D eigenvalue weighted by Crippen LogP contribution is -2.39. The molecule has 22 heavy (non-hydrogen) atoms. The van der Waals surface area contributed by atoms with Crippen molar-refractivity contribution in [2.75, 3.05) is 19.6 Å². The van der Waals surface area contributed by atoms with Gasteiger partial charge in [-0.3, -0.25) is 4.68 Å². The zero-order chi connectivity index (χ0) is 15.7. The van der Waals surface area contributed by atoms with Gasteiger partial charge in [-0.1, -0.05) is 19.8 Å². The lowest BCUT2D eigenvalue weighted by Gasteiger charge is -2.20. The van der Waals surface area contributed by atoms with E-state index >= 15 is 0 Å². The summed E-state index contributed by atoms with van der Waals surface area (Å²) < 4.78 is 1.68. The van der Waals surface area contributed by atoms with Gasteiger partial charge in [0.2, 0.25) is 0 Å². The highest BCUT2D eigenvalue weighted by Gasteiger charge is 2.24. The van der Waals surface area contributed by atoms with Crippen molar-refractivity contribution in [3.05, 3.63) is 18.0 Å².